The summed E-state index contributed by atoms with van der Waals surface area (Å²) in [5.74, 6) is 1.71. The topological polar surface area (TPSA) is 71.6 Å². The molecule has 3 N–H and O–H groups in total. The molecule has 0 aliphatic rings. The molecule has 1 rings (SSSR count). The van der Waals surface area contributed by atoms with Crippen molar-refractivity contribution in [2.45, 2.75) is 33.3 Å². The lowest BCUT2D eigenvalue weighted by Gasteiger charge is -2.20. The Kier molecular flexibility index (Phi) is 5.89. The van der Waals surface area contributed by atoms with Gasteiger partial charge < -0.3 is 20.5 Å². The van der Waals surface area contributed by atoms with E-state index in [1.54, 1.807) is 13.0 Å². The Morgan fingerprint density at radius 2 is 2.05 bits per heavy atom. The molecule has 0 saturated heterocycles. The highest BCUT2D eigenvalue weighted by Gasteiger charge is 2.09. The SMILES string of the molecule is CC(C)COc1nc(N(C)CCC(C)O)ccc1N. The van der Waals surface area contributed by atoms with Crippen LogP contribution in [-0.4, -0.2) is 36.4 Å². The first-order valence-electron chi connectivity index (χ1n) is 6.68. The van der Waals surface area contributed by atoms with Crippen LogP contribution < -0.4 is 15.4 Å². The van der Waals surface area contributed by atoms with Gasteiger partial charge in [0.2, 0.25) is 5.88 Å². The van der Waals surface area contributed by atoms with Crippen molar-refractivity contribution in [1.82, 2.24) is 4.98 Å². The summed E-state index contributed by atoms with van der Waals surface area (Å²) in [6.45, 7) is 7.27. The Morgan fingerprint density at radius 3 is 2.63 bits per heavy atom. The third-order valence-corrected chi connectivity index (χ3v) is 2.70. The van der Waals surface area contributed by atoms with E-state index in [1.807, 2.05) is 18.0 Å². The Balaban J connectivity index is 2.71. The number of nitrogens with zero attached hydrogens (tertiary/aromatic N) is 2. The van der Waals surface area contributed by atoms with E-state index >= 15 is 0 Å². The van der Waals surface area contributed by atoms with E-state index in [9.17, 15) is 5.11 Å². The average molecular weight is 267 g/mol. The molecule has 0 aliphatic heterocycles. The quantitative estimate of drug-likeness (QED) is 0.789. The van der Waals surface area contributed by atoms with E-state index in [0.29, 0.717) is 30.5 Å². The smallest absolute Gasteiger partial charge is 0.239 e. The summed E-state index contributed by atoms with van der Waals surface area (Å²) < 4.78 is 5.60. The van der Waals surface area contributed by atoms with Gasteiger partial charge >= 0.3 is 0 Å². The second-order valence-electron chi connectivity index (χ2n) is 5.33. The number of ether oxygens (including phenoxy) is 1. The van der Waals surface area contributed by atoms with E-state index in [1.165, 1.54) is 0 Å². The monoisotopic (exact) mass is 267 g/mol. The number of anilines is 2. The highest BCUT2D eigenvalue weighted by atomic mass is 16.5. The van der Waals surface area contributed by atoms with E-state index in [4.69, 9.17) is 10.5 Å². The maximum Gasteiger partial charge on any atom is 0.239 e. The second kappa shape index (κ2) is 7.19. The molecule has 0 aromatic carbocycles. The molecule has 5 heteroatoms. The Morgan fingerprint density at radius 1 is 1.37 bits per heavy atom. The van der Waals surface area contributed by atoms with Gasteiger partial charge in [-0.3, -0.25) is 0 Å². The first kappa shape index (κ1) is 15.6. The fourth-order valence-electron chi connectivity index (χ4n) is 1.51. The Hall–Kier alpha value is -1.49. The molecule has 0 spiro atoms. The van der Waals surface area contributed by atoms with Crippen molar-refractivity contribution in [3.8, 4) is 5.88 Å². The summed E-state index contributed by atoms with van der Waals surface area (Å²) in [7, 11) is 1.94. The van der Waals surface area contributed by atoms with Crippen LogP contribution in [0.3, 0.4) is 0 Å². The molecule has 5 nitrogen and oxygen atoms in total. The average Bonchev–Trinajstić information content (AvgIpc) is 2.34. The molecule has 0 aliphatic carbocycles. The van der Waals surface area contributed by atoms with Gasteiger partial charge in [-0.05, 0) is 31.4 Å². The Bertz CT molecular complexity index is 394. The lowest BCUT2D eigenvalue weighted by Crippen LogP contribution is -2.23. The van der Waals surface area contributed by atoms with Gasteiger partial charge in [-0.2, -0.15) is 4.98 Å². The summed E-state index contributed by atoms with van der Waals surface area (Å²) >= 11 is 0. The molecule has 0 bridgehead atoms. The molecule has 1 atom stereocenters. The maximum absolute atomic E-state index is 9.30. The zero-order chi connectivity index (χ0) is 14.4. The normalized spacial score (nSPS) is 12.5. The summed E-state index contributed by atoms with van der Waals surface area (Å²) in [5, 5.41) is 9.30. The summed E-state index contributed by atoms with van der Waals surface area (Å²) in [4.78, 5) is 6.40. The third kappa shape index (κ3) is 5.34. The van der Waals surface area contributed by atoms with Crippen LogP contribution in [-0.2, 0) is 0 Å². The fourth-order valence-corrected chi connectivity index (χ4v) is 1.51. The van der Waals surface area contributed by atoms with Crippen molar-refractivity contribution in [3.63, 3.8) is 0 Å². The molecular formula is C14H25N3O2. The molecular weight excluding hydrogens is 242 g/mol. The van der Waals surface area contributed by atoms with Gasteiger partial charge in [0.15, 0.2) is 0 Å². The Labute approximate surface area is 115 Å². The molecule has 1 aromatic heterocycles. The molecule has 1 aromatic rings. The van der Waals surface area contributed by atoms with Crippen LogP contribution in [0.1, 0.15) is 27.2 Å². The number of hydrogen-bond donors (Lipinski definition) is 2. The van der Waals surface area contributed by atoms with E-state index in [2.05, 4.69) is 18.8 Å². The van der Waals surface area contributed by atoms with Crippen LogP contribution in [0.2, 0.25) is 0 Å². The molecule has 0 fully saturated rings. The van der Waals surface area contributed by atoms with E-state index < -0.39 is 0 Å². The zero-order valence-electron chi connectivity index (χ0n) is 12.3. The third-order valence-electron chi connectivity index (χ3n) is 2.70. The minimum Gasteiger partial charge on any atom is -0.476 e. The van der Waals surface area contributed by atoms with Gasteiger partial charge in [0.25, 0.3) is 0 Å². The van der Waals surface area contributed by atoms with Crippen molar-refractivity contribution in [1.29, 1.82) is 0 Å². The standard InChI is InChI=1S/C14H25N3O2/c1-10(2)9-19-14-12(15)5-6-13(16-14)17(4)8-7-11(3)18/h5-6,10-11,18H,7-9,15H2,1-4H3. The molecule has 0 saturated carbocycles. The number of rotatable bonds is 7. The minimum atomic E-state index is -0.312. The van der Waals surface area contributed by atoms with Crippen molar-refractivity contribution >= 4 is 11.5 Å². The summed E-state index contributed by atoms with van der Waals surface area (Å²) in [6.07, 6.45) is 0.387. The molecule has 1 unspecified atom stereocenters. The molecule has 0 radical (unpaired) electrons. The van der Waals surface area contributed by atoms with Crippen LogP contribution in [0.4, 0.5) is 11.5 Å². The van der Waals surface area contributed by atoms with Crippen molar-refractivity contribution in [3.05, 3.63) is 12.1 Å². The number of aliphatic hydroxyl groups is 1. The number of nitrogens with two attached hydrogens (primary N) is 1. The molecule has 1 heterocycles. The van der Waals surface area contributed by atoms with Crippen molar-refractivity contribution in [2.75, 3.05) is 30.8 Å². The highest BCUT2D eigenvalue weighted by Crippen LogP contribution is 2.23. The van der Waals surface area contributed by atoms with Crippen LogP contribution in [0.5, 0.6) is 5.88 Å². The van der Waals surface area contributed by atoms with Crippen molar-refractivity contribution < 1.29 is 9.84 Å². The van der Waals surface area contributed by atoms with Gasteiger partial charge in [0.05, 0.1) is 18.4 Å². The molecule has 0 amide bonds. The van der Waals surface area contributed by atoms with Crippen LogP contribution in [0, 0.1) is 5.92 Å². The fraction of sp³-hybridized carbons (Fsp3) is 0.643. The van der Waals surface area contributed by atoms with Gasteiger partial charge in [-0.15, -0.1) is 0 Å². The predicted molar refractivity (Wildman–Crippen MR) is 78.6 cm³/mol. The second-order valence-corrected chi connectivity index (χ2v) is 5.33. The number of nitrogen functional groups attached to an aromatic ring is 1. The van der Waals surface area contributed by atoms with Gasteiger partial charge in [-0.1, -0.05) is 13.8 Å². The predicted octanol–water partition coefficient (Wildman–Crippen LogP) is 1.91. The molecule has 19 heavy (non-hydrogen) atoms. The van der Waals surface area contributed by atoms with Crippen LogP contribution >= 0.6 is 0 Å². The summed E-state index contributed by atoms with van der Waals surface area (Å²) in [6, 6.07) is 3.66. The number of aromatic nitrogens is 1. The summed E-state index contributed by atoms with van der Waals surface area (Å²) in [5.41, 5.74) is 6.40. The van der Waals surface area contributed by atoms with E-state index in [0.717, 1.165) is 12.4 Å². The number of hydrogen-bond acceptors (Lipinski definition) is 5. The van der Waals surface area contributed by atoms with Gasteiger partial charge in [0.1, 0.15) is 5.82 Å². The lowest BCUT2D eigenvalue weighted by atomic mass is 10.2. The van der Waals surface area contributed by atoms with Gasteiger partial charge in [0, 0.05) is 13.6 Å². The first-order chi connectivity index (χ1) is 8.90. The lowest BCUT2D eigenvalue weighted by molar-refractivity contribution is 0.187. The van der Waals surface area contributed by atoms with Crippen LogP contribution in [0.15, 0.2) is 12.1 Å². The maximum atomic E-state index is 9.30. The molecule has 108 valence electrons. The zero-order valence-corrected chi connectivity index (χ0v) is 12.3. The largest absolute Gasteiger partial charge is 0.476 e. The van der Waals surface area contributed by atoms with Crippen LogP contribution in [0.25, 0.3) is 0 Å². The highest BCUT2D eigenvalue weighted by molar-refractivity contribution is 5.54. The minimum absolute atomic E-state index is 0.312. The first-order valence-corrected chi connectivity index (χ1v) is 6.68. The van der Waals surface area contributed by atoms with Gasteiger partial charge in [-0.25, -0.2) is 0 Å². The number of pyridine rings is 1. The van der Waals surface area contributed by atoms with Crippen molar-refractivity contribution in [2.24, 2.45) is 5.92 Å². The number of aliphatic hydroxyl groups excluding tert-OH is 1. The van der Waals surface area contributed by atoms with E-state index in [-0.39, 0.29) is 6.10 Å².